The zero-order valence-electron chi connectivity index (χ0n) is 10.1. The number of aliphatic imine (C=N–C) groups is 2. The Labute approximate surface area is 107 Å². The molecule has 2 atom stereocenters. The summed E-state index contributed by atoms with van der Waals surface area (Å²) in [6.45, 7) is 9.51. The number of ether oxygens (including phenoxy) is 2. The molecule has 0 spiro atoms. The Morgan fingerprint density at radius 2 is 1.38 bits per heavy atom. The van der Waals surface area contributed by atoms with E-state index in [1.807, 2.05) is 27.7 Å². The first-order valence-electron chi connectivity index (χ1n) is 5.42. The minimum absolute atomic E-state index is 0. The molecule has 0 N–H and O–H groups in total. The molecule has 0 aromatic heterocycles. The van der Waals surface area contributed by atoms with Crippen LogP contribution in [0.4, 0.5) is 0 Å². The van der Waals surface area contributed by atoms with Gasteiger partial charge < -0.3 is 9.47 Å². The SMILES string of the molecule is C[C@H]1COC(C(C)(C)C2=N[C@@H](C)CO2)=N1.[Cu]. The maximum Gasteiger partial charge on any atom is 0.199 e. The van der Waals surface area contributed by atoms with Gasteiger partial charge >= 0.3 is 0 Å². The van der Waals surface area contributed by atoms with Crippen LogP contribution in [0.3, 0.4) is 0 Å². The monoisotopic (exact) mass is 273 g/mol. The van der Waals surface area contributed by atoms with Gasteiger partial charge in [0, 0.05) is 17.1 Å². The average Bonchev–Trinajstić information content (AvgIpc) is 2.74. The fraction of sp³-hybridized carbons (Fsp3) is 0.818. The molecule has 0 amide bonds. The Balaban J connectivity index is 0.00000128. The standard InChI is InChI=1S/C11H18N2O2.Cu/c1-7-5-14-9(12-7)11(3,4)10-13-8(2)6-15-10;/h7-8H,5-6H2,1-4H3;/t7-,8-;/m0./s1. The summed E-state index contributed by atoms with van der Waals surface area (Å²) in [7, 11) is 0. The van der Waals surface area contributed by atoms with Gasteiger partial charge in [0.05, 0.1) is 12.1 Å². The second-order valence-electron chi connectivity index (χ2n) is 4.81. The van der Waals surface area contributed by atoms with Gasteiger partial charge in [-0.1, -0.05) is 0 Å². The second-order valence-corrected chi connectivity index (χ2v) is 4.81. The molecule has 2 heterocycles. The molecule has 0 aromatic rings. The topological polar surface area (TPSA) is 43.2 Å². The first kappa shape index (κ1) is 13.5. The van der Waals surface area contributed by atoms with Crippen molar-refractivity contribution in [3.63, 3.8) is 0 Å². The van der Waals surface area contributed by atoms with Gasteiger partial charge in [-0.25, -0.2) is 9.98 Å². The van der Waals surface area contributed by atoms with Crippen LogP contribution in [0, 0.1) is 5.41 Å². The summed E-state index contributed by atoms with van der Waals surface area (Å²) in [5.74, 6) is 1.51. The third-order valence-electron chi connectivity index (χ3n) is 2.67. The van der Waals surface area contributed by atoms with E-state index in [1.54, 1.807) is 0 Å². The maximum absolute atomic E-state index is 5.57. The number of rotatable bonds is 2. The summed E-state index contributed by atoms with van der Waals surface area (Å²) in [5.41, 5.74) is -0.324. The molecule has 2 aliphatic rings. The van der Waals surface area contributed by atoms with E-state index < -0.39 is 0 Å². The predicted molar refractivity (Wildman–Crippen MR) is 59.5 cm³/mol. The largest absolute Gasteiger partial charge is 0.478 e. The van der Waals surface area contributed by atoms with Crippen LogP contribution in [-0.4, -0.2) is 37.1 Å². The van der Waals surface area contributed by atoms with E-state index in [4.69, 9.17) is 9.47 Å². The van der Waals surface area contributed by atoms with Gasteiger partial charge in [0.15, 0.2) is 11.8 Å². The molecular weight excluding hydrogens is 256 g/mol. The zero-order chi connectivity index (χ0) is 11.1. The third kappa shape index (κ3) is 2.41. The number of hydrogen-bond donors (Lipinski definition) is 0. The Hall–Kier alpha value is -0.541. The molecule has 0 saturated carbocycles. The summed E-state index contributed by atoms with van der Waals surface area (Å²) >= 11 is 0. The van der Waals surface area contributed by atoms with Crippen LogP contribution < -0.4 is 0 Å². The molecule has 0 bridgehead atoms. The molecule has 1 radical (unpaired) electrons. The Kier molecular flexibility index (Phi) is 4.02. The van der Waals surface area contributed by atoms with Crippen LogP contribution in [0.15, 0.2) is 9.98 Å². The van der Waals surface area contributed by atoms with Crippen molar-refractivity contribution in [2.45, 2.75) is 39.8 Å². The van der Waals surface area contributed by atoms with Crippen molar-refractivity contribution in [2.24, 2.45) is 15.4 Å². The Morgan fingerprint density at radius 3 is 1.62 bits per heavy atom. The molecule has 0 saturated heterocycles. The van der Waals surface area contributed by atoms with Crippen LogP contribution in [0.2, 0.25) is 0 Å². The molecule has 0 aliphatic carbocycles. The molecule has 0 aromatic carbocycles. The second kappa shape index (κ2) is 4.76. The predicted octanol–water partition coefficient (Wildman–Crippen LogP) is 1.64. The molecule has 95 valence electrons. The van der Waals surface area contributed by atoms with Crippen molar-refractivity contribution in [1.29, 1.82) is 0 Å². The van der Waals surface area contributed by atoms with Crippen LogP contribution in [0.25, 0.3) is 0 Å². The fourth-order valence-electron chi connectivity index (χ4n) is 1.72. The van der Waals surface area contributed by atoms with E-state index in [1.165, 1.54) is 0 Å². The summed E-state index contributed by atoms with van der Waals surface area (Å²) in [4.78, 5) is 8.93. The Bertz CT molecular complexity index is 296. The van der Waals surface area contributed by atoms with Crippen molar-refractivity contribution in [1.82, 2.24) is 0 Å². The van der Waals surface area contributed by atoms with E-state index in [-0.39, 0.29) is 34.6 Å². The summed E-state index contributed by atoms with van der Waals surface area (Å²) in [6, 6.07) is 0.498. The number of nitrogens with zero attached hydrogens (tertiary/aromatic N) is 2. The van der Waals surface area contributed by atoms with Gasteiger partial charge in [0.1, 0.15) is 18.6 Å². The molecule has 2 rings (SSSR count). The normalized spacial score (nSPS) is 28.8. The van der Waals surface area contributed by atoms with Crippen molar-refractivity contribution in [3.05, 3.63) is 0 Å². The van der Waals surface area contributed by atoms with Gasteiger partial charge in [-0.3, -0.25) is 0 Å². The molecular formula is C11H18CuN2O2. The fourth-order valence-corrected chi connectivity index (χ4v) is 1.72. The van der Waals surface area contributed by atoms with E-state index in [2.05, 4.69) is 9.98 Å². The van der Waals surface area contributed by atoms with E-state index in [0.717, 1.165) is 11.8 Å². The van der Waals surface area contributed by atoms with E-state index in [9.17, 15) is 0 Å². The van der Waals surface area contributed by atoms with Crippen molar-refractivity contribution < 1.29 is 26.5 Å². The molecule has 16 heavy (non-hydrogen) atoms. The molecule has 0 fully saturated rings. The number of hydrogen-bond acceptors (Lipinski definition) is 4. The summed E-state index contributed by atoms with van der Waals surface area (Å²) in [5, 5.41) is 0. The van der Waals surface area contributed by atoms with Crippen LogP contribution in [0.5, 0.6) is 0 Å². The van der Waals surface area contributed by atoms with Crippen molar-refractivity contribution >= 4 is 11.8 Å². The van der Waals surface area contributed by atoms with Gasteiger partial charge in [-0.2, -0.15) is 0 Å². The van der Waals surface area contributed by atoms with Gasteiger partial charge in [0.25, 0.3) is 0 Å². The summed E-state index contributed by atoms with van der Waals surface area (Å²) in [6.07, 6.45) is 0. The van der Waals surface area contributed by atoms with Gasteiger partial charge in [-0.05, 0) is 27.7 Å². The van der Waals surface area contributed by atoms with Gasteiger partial charge in [-0.15, -0.1) is 0 Å². The van der Waals surface area contributed by atoms with Crippen LogP contribution >= 0.6 is 0 Å². The first-order valence-corrected chi connectivity index (χ1v) is 5.42. The minimum atomic E-state index is -0.324. The molecule has 2 aliphatic heterocycles. The van der Waals surface area contributed by atoms with Crippen LogP contribution in [0.1, 0.15) is 27.7 Å². The quantitative estimate of drug-likeness (QED) is 0.718. The summed E-state index contributed by atoms with van der Waals surface area (Å²) < 4.78 is 11.1. The smallest absolute Gasteiger partial charge is 0.199 e. The first-order chi connectivity index (χ1) is 7.00. The molecule has 4 nitrogen and oxygen atoms in total. The van der Waals surface area contributed by atoms with Crippen molar-refractivity contribution in [3.8, 4) is 0 Å². The average molecular weight is 274 g/mol. The van der Waals surface area contributed by atoms with E-state index >= 15 is 0 Å². The molecule has 5 heteroatoms. The Morgan fingerprint density at radius 1 is 1.00 bits per heavy atom. The molecule has 0 unspecified atom stereocenters. The minimum Gasteiger partial charge on any atom is -0.478 e. The van der Waals surface area contributed by atoms with Crippen molar-refractivity contribution in [2.75, 3.05) is 13.2 Å². The zero-order valence-corrected chi connectivity index (χ0v) is 11.0. The third-order valence-corrected chi connectivity index (χ3v) is 2.67. The maximum atomic E-state index is 5.57. The van der Waals surface area contributed by atoms with E-state index in [0.29, 0.717) is 13.2 Å². The van der Waals surface area contributed by atoms with Crippen LogP contribution in [-0.2, 0) is 26.5 Å². The van der Waals surface area contributed by atoms with Gasteiger partial charge in [0.2, 0.25) is 0 Å².